The Kier molecular flexibility index (Phi) is 3.53. The molecule has 0 aromatic carbocycles. The first kappa shape index (κ1) is 10.6. The van der Waals surface area contributed by atoms with E-state index in [1.54, 1.807) is 26.0 Å². The number of aryl methyl sites for hydroxylation is 1. The van der Waals surface area contributed by atoms with Crippen molar-refractivity contribution in [3.8, 4) is 0 Å². The lowest BCUT2D eigenvalue weighted by Gasteiger charge is -2.06. The molecular weight excluding hydrogens is 184 g/mol. The van der Waals surface area contributed by atoms with Crippen molar-refractivity contribution in [3.63, 3.8) is 0 Å². The monoisotopic (exact) mass is 198 g/mol. The number of amides is 2. The molecule has 1 aromatic rings. The average molecular weight is 198 g/mol. The minimum Gasteiger partial charge on any atom is -0.446 e. The van der Waals surface area contributed by atoms with E-state index in [2.05, 4.69) is 10.6 Å². The minimum atomic E-state index is -0.556. The molecule has 78 valence electrons. The van der Waals surface area contributed by atoms with Gasteiger partial charge in [0.1, 0.15) is 5.76 Å². The van der Waals surface area contributed by atoms with Crippen LogP contribution in [0.25, 0.3) is 0 Å². The topological polar surface area (TPSA) is 74.5 Å². The zero-order valence-corrected chi connectivity index (χ0v) is 8.20. The second kappa shape index (κ2) is 4.66. The maximum Gasteiger partial charge on any atom is 0.321 e. The van der Waals surface area contributed by atoms with E-state index in [0.717, 1.165) is 5.76 Å². The maximum atomic E-state index is 11.1. The van der Waals surface area contributed by atoms with Gasteiger partial charge in [-0.2, -0.15) is 0 Å². The van der Waals surface area contributed by atoms with Crippen molar-refractivity contribution in [2.24, 2.45) is 0 Å². The third kappa shape index (κ3) is 3.49. The Bertz CT molecular complexity index is 307. The van der Waals surface area contributed by atoms with Crippen LogP contribution in [0.4, 0.5) is 10.7 Å². The van der Waals surface area contributed by atoms with Crippen LogP contribution in [0, 0.1) is 6.92 Å². The highest BCUT2D eigenvalue weighted by atomic mass is 16.4. The number of aliphatic hydroxyl groups excluding tert-OH is 1. The summed E-state index contributed by atoms with van der Waals surface area (Å²) in [6.07, 6.45) is -0.556. The number of furan rings is 1. The molecule has 14 heavy (non-hydrogen) atoms. The lowest BCUT2D eigenvalue weighted by Crippen LogP contribution is -2.33. The molecule has 0 saturated heterocycles. The van der Waals surface area contributed by atoms with E-state index in [9.17, 15) is 4.79 Å². The molecule has 0 saturated carbocycles. The molecule has 0 fully saturated rings. The highest BCUT2D eigenvalue weighted by Crippen LogP contribution is 2.11. The van der Waals surface area contributed by atoms with E-state index < -0.39 is 6.10 Å². The molecule has 0 aliphatic carbocycles. The Labute approximate surface area is 82.1 Å². The van der Waals surface area contributed by atoms with Crippen LogP contribution in [-0.2, 0) is 0 Å². The summed E-state index contributed by atoms with van der Waals surface area (Å²) in [7, 11) is 0. The van der Waals surface area contributed by atoms with Crippen LogP contribution < -0.4 is 10.6 Å². The smallest absolute Gasteiger partial charge is 0.321 e. The minimum absolute atomic E-state index is 0.214. The van der Waals surface area contributed by atoms with Gasteiger partial charge in [0.05, 0.1) is 6.10 Å². The Morgan fingerprint density at radius 1 is 1.64 bits per heavy atom. The van der Waals surface area contributed by atoms with Crippen molar-refractivity contribution in [3.05, 3.63) is 17.9 Å². The molecule has 5 heteroatoms. The summed E-state index contributed by atoms with van der Waals surface area (Å²) in [5.41, 5.74) is 0. The normalized spacial score (nSPS) is 12.2. The van der Waals surface area contributed by atoms with Crippen molar-refractivity contribution < 1.29 is 14.3 Å². The zero-order valence-electron chi connectivity index (χ0n) is 8.20. The molecular formula is C9H14N2O3. The fourth-order valence-electron chi connectivity index (χ4n) is 0.898. The Morgan fingerprint density at radius 3 is 2.86 bits per heavy atom. The van der Waals surface area contributed by atoms with Crippen LogP contribution in [0.1, 0.15) is 12.7 Å². The number of carbonyl (C=O) groups is 1. The van der Waals surface area contributed by atoms with Gasteiger partial charge in [0.25, 0.3) is 0 Å². The highest BCUT2D eigenvalue weighted by molar-refractivity contribution is 5.87. The molecule has 2 amide bonds. The number of hydrogen-bond donors (Lipinski definition) is 3. The van der Waals surface area contributed by atoms with Gasteiger partial charge in [0.15, 0.2) is 0 Å². The molecule has 0 aliphatic heterocycles. The molecule has 0 aliphatic rings. The third-order valence-electron chi connectivity index (χ3n) is 1.54. The fourth-order valence-corrected chi connectivity index (χ4v) is 0.898. The first-order valence-corrected chi connectivity index (χ1v) is 4.37. The number of rotatable bonds is 3. The molecule has 3 N–H and O–H groups in total. The van der Waals surface area contributed by atoms with Crippen LogP contribution >= 0.6 is 0 Å². The SMILES string of the molecule is Cc1ccc(NC(=O)NCC(C)O)o1. The molecule has 1 unspecified atom stereocenters. The highest BCUT2D eigenvalue weighted by Gasteiger charge is 2.04. The first-order chi connectivity index (χ1) is 6.58. The van der Waals surface area contributed by atoms with Gasteiger partial charge in [-0.15, -0.1) is 0 Å². The van der Waals surface area contributed by atoms with Crippen molar-refractivity contribution in [2.45, 2.75) is 20.0 Å². The van der Waals surface area contributed by atoms with E-state index in [0.29, 0.717) is 5.88 Å². The van der Waals surface area contributed by atoms with Gasteiger partial charge in [-0.3, -0.25) is 5.32 Å². The van der Waals surface area contributed by atoms with Gasteiger partial charge in [-0.1, -0.05) is 0 Å². The van der Waals surface area contributed by atoms with Gasteiger partial charge in [-0.05, 0) is 19.9 Å². The summed E-state index contributed by atoms with van der Waals surface area (Å²) >= 11 is 0. The molecule has 0 spiro atoms. The molecule has 5 nitrogen and oxygen atoms in total. The van der Waals surface area contributed by atoms with Gasteiger partial charge >= 0.3 is 6.03 Å². The van der Waals surface area contributed by atoms with E-state index in [1.165, 1.54) is 0 Å². The summed E-state index contributed by atoms with van der Waals surface area (Å²) in [5, 5.41) is 13.9. The molecule has 1 heterocycles. The summed E-state index contributed by atoms with van der Waals surface area (Å²) < 4.78 is 5.13. The first-order valence-electron chi connectivity index (χ1n) is 4.37. The van der Waals surface area contributed by atoms with Gasteiger partial charge in [-0.25, -0.2) is 4.79 Å². The van der Waals surface area contributed by atoms with Crippen LogP contribution in [0.5, 0.6) is 0 Å². The largest absolute Gasteiger partial charge is 0.446 e. The van der Waals surface area contributed by atoms with E-state index in [4.69, 9.17) is 9.52 Å². The van der Waals surface area contributed by atoms with E-state index >= 15 is 0 Å². The maximum absolute atomic E-state index is 11.1. The second-order valence-corrected chi connectivity index (χ2v) is 3.09. The van der Waals surface area contributed by atoms with Gasteiger partial charge in [0.2, 0.25) is 5.88 Å². The summed E-state index contributed by atoms with van der Waals surface area (Å²) in [4.78, 5) is 11.1. The number of nitrogens with one attached hydrogen (secondary N) is 2. The second-order valence-electron chi connectivity index (χ2n) is 3.09. The van der Waals surface area contributed by atoms with Crippen molar-refractivity contribution >= 4 is 11.9 Å². The summed E-state index contributed by atoms with van der Waals surface area (Å²) in [5.74, 6) is 1.13. The number of hydrogen-bond acceptors (Lipinski definition) is 3. The molecule has 1 aromatic heterocycles. The van der Waals surface area contributed by atoms with E-state index in [-0.39, 0.29) is 12.6 Å². The van der Waals surface area contributed by atoms with Crippen LogP contribution in [-0.4, -0.2) is 23.8 Å². The van der Waals surface area contributed by atoms with E-state index in [1.807, 2.05) is 0 Å². The summed E-state index contributed by atoms with van der Waals surface area (Å²) in [6, 6.07) is 3.03. The van der Waals surface area contributed by atoms with Crippen LogP contribution in [0.2, 0.25) is 0 Å². The number of aliphatic hydroxyl groups is 1. The van der Waals surface area contributed by atoms with Gasteiger partial charge < -0.3 is 14.8 Å². The molecule has 1 atom stereocenters. The van der Waals surface area contributed by atoms with Crippen molar-refractivity contribution in [1.82, 2.24) is 5.32 Å². The fraction of sp³-hybridized carbons (Fsp3) is 0.444. The van der Waals surface area contributed by atoms with Crippen LogP contribution in [0.3, 0.4) is 0 Å². The predicted octanol–water partition coefficient (Wildman–Crippen LogP) is 1.09. The van der Waals surface area contributed by atoms with Gasteiger partial charge in [0, 0.05) is 12.6 Å². The lowest BCUT2D eigenvalue weighted by molar-refractivity contribution is 0.190. The Morgan fingerprint density at radius 2 is 2.36 bits per heavy atom. The van der Waals surface area contributed by atoms with Crippen molar-refractivity contribution in [1.29, 1.82) is 0 Å². The number of carbonyl (C=O) groups excluding carboxylic acids is 1. The summed E-state index contributed by atoms with van der Waals surface area (Å²) in [6.45, 7) is 3.60. The molecule has 0 bridgehead atoms. The lowest BCUT2D eigenvalue weighted by atomic mass is 10.4. The number of anilines is 1. The molecule has 1 rings (SSSR count). The van der Waals surface area contributed by atoms with Crippen LogP contribution in [0.15, 0.2) is 16.5 Å². The van der Waals surface area contributed by atoms with Crippen molar-refractivity contribution in [2.75, 3.05) is 11.9 Å². The third-order valence-corrected chi connectivity index (χ3v) is 1.54. The Hall–Kier alpha value is -1.49. The average Bonchev–Trinajstić information content (AvgIpc) is 2.48. The quantitative estimate of drug-likeness (QED) is 0.680. The standard InChI is InChI=1S/C9H14N2O3/c1-6(12)5-10-9(13)11-8-4-3-7(2)14-8/h3-4,6,12H,5H2,1-2H3,(H2,10,11,13). The predicted molar refractivity (Wildman–Crippen MR) is 52.1 cm³/mol. The number of urea groups is 1. The Balaban J connectivity index is 2.34. The molecule has 0 radical (unpaired) electrons. The zero-order chi connectivity index (χ0) is 10.6.